The lowest BCUT2D eigenvalue weighted by Crippen LogP contribution is -2.35. The minimum atomic E-state index is -3.73. The van der Waals surface area contributed by atoms with Crippen LogP contribution in [0.15, 0.2) is 23.1 Å². The number of carbonyl (C=O) groups is 1. The van der Waals surface area contributed by atoms with Gasteiger partial charge in [0.15, 0.2) is 0 Å². The van der Waals surface area contributed by atoms with Crippen LogP contribution in [-0.4, -0.2) is 32.3 Å². The van der Waals surface area contributed by atoms with E-state index in [0.29, 0.717) is 17.2 Å². The lowest BCUT2D eigenvalue weighted by atomic mass is 10.1. The number of hydrogen-bond donors (Lipinski definition) is 1. The lowest BCUT2D eigenvalue weighted by molar-refractivity contribution is 0.0734. The van der Waals surface area contributed by atoms with Crippen molar-refractivity contribution < 1.29 is 13.2 Å². The van der Waals surface area contributed by atoms with Crippen LogP contribution in [0.2, 0.25) is 0 Å². The molecule has 110 valence electrons. The van der Waals surface area contributed by atoms with E-state index < -0.39 is 10.0 Å². The molecule has 0 unspecified atom stereocenters. The number of nitrogens with two attached hydrogens (primary N) is 1. The molecule has 6 heteroatoms. The fourth-order valence-corrected chi connectivity index (χ4v) is 3.30. The predicted molar refractivity (Wildman–Crippen MR) is 76.9 cm³/mol. The molecule has 0 radical (unpaired) electrons. The highest BCUT2D eigenvalue weighted by atomic mass is 32.2. The minimum Gasteiger partial charge on any atom is -0.339 e. The molecule has 1 aliphatic rings. The van der Waals surface area contributed by atoms with Crippen molar-refractivity contribution in [1.29, 1.82) is 0 Å². The van der Waals surface area contributed by atoms with E-state index >= 15 is 0 Å². The molecule has 1 fully saturated rings. The van der Waals surface area contributed by atoms with E-state index in [9.17, 15) is 13.2 Å². The van der Waals surface area contributed by atoms with Gasteiger partial charge in [-0.15, -0.1) is 0 Å². The first kappa shape index (κ1) is 15.0. The summed E-state index contributed by atoms with van der Waals surface area (Å²) in [7, 11) is -1.92. The van der Waals surface area contributed by atoms with Gasteiger partial charge in [-0.05, 0) is 43.5 Å². The topological polar surface area (TPSA) is 80.5 Å². The van der Waals surface area contributed by atoms with Crippen molar-refractivity contribution >= 4 is 15.9 Å². The number of aryl methyl sites for hydroxylation is 1. The zero-order valence-corrected chi connectivity index (χ0v) is 12.6. The summed E-state index contributed by atoms with van der Waals surface area (Å²) in [4.78, 5) is 14.3. The average molecular weight is 296 g/mol. The smallest absolute Gasteiger partial charge is 0.254 e. The fourth-order valence-electron chi connectivity index (χ4n) is 2.70. The van der Waals surface area contributed by atoms with Crippen LogP contribution in [0.4, 0.5) is 0 Å². The molecule has 0 aliphatic heterocycles. The number of amides is 1. The van der Waals surface area contributed by atoms with Crippen LogP contribution < -0.4 is 5.14 Å². The Kier molecular flexibility index (Phi) is 4.15. The summed E-state index contributed by atoms with van der Waals surface area (Å²) in [6.45, 7) is 1.73. The van der Waals surface area contributed by atoms with Crippen LogP contribution in [0, 0.1) is 6.92 Å². The summed E-state index contributed by atoms with van der Waals surface area (Å²) in [6.07, 6.45) is 4.39. The molecule has 20 heavy (non-hydrogen) atoms. The molecule has 1 aliphatic carbocycles. The van der Waals surface area contributed by atoms with E-state index in [0.717, 1.165) is 25.7 Å². The zero-order chi connectivity index (χ0) is 14.9. The van der Waals surface area contributed by atoms with Gasteiger partial charge in [0, 0.05) is 18.7 Å². The number of carbonyl (C=O) groups excluding carboxylic acids is 1. The maximum Gasteiger partial charge on any atom is 0.254 e. The van der Waals surface area contributed by atoms with Gasteiger partial charge >= 0.3 is 0 Å². The summed E-state index contributed by atoms with van der Waals surface area (Å²) in [5.41, 5.74) is 1.16. The normalized spacial score (nSPS) is 16.4. The van der Waals surface area contributed by atoms with Gasteiger partial charge in [0.05, 0.1) is 4.90 Å². The predicted octanol–water partition coefficient (Wildman–Crippen LogP) is 1.66. The first-order valence-electron chi connectivity index (χ1n) is 6.71. The molecule has 0 bridgehead atoms. The van der Waals surface area contributed by atoms with E-state index in [1.54, 1.807) is 17.9 Å². The van der Waals surface area contributed by atoms with Gasteiger partial charge in [0.1, 0.15) is 0 Å². The molecule has 0 atom stereocenters. The summed E-state index contributed by atoms with van der Waals surface area (Å²) in [5.74, 6) is -0.0598. The van der Waals surface area contributed by atoms with Gasteiger partial charge in [-0.25, -0.2) is 13.6 Å². The molecule has 2 N–H and O–H groups in total. The monoisotopic (exact) mass is 296 g/mol. The second-order valence-corrected chi connectivity index (χ2v) is 6.94. The van der Waals surface area contributed by atoms with Crippen molar-refractivity contribution in [3.63, 3.8) is 0 Å². The average Bonchev–Trinajstić information content (AvgIpc) is 2.89. The summed E-state index contributed by atoms with van der Waals surface area (Å²) < 4.78 is 22.6. The second kappa shape index (κ2) is 5.54. The Morgan fingerprint density at radius 1 is 1.30 bits per heavy atom. The maximum atomic E-state index is 12.5. The quantitative estimate of drug-likeness (QED) is 0.921. The molecule has 0 heterocycles. The number of primary sulfonamides is 1. The number of sulfonamides is 1. The molecule has 5 nitrogen and oxygen atoms in total. The Morgan fingerprint density at radius 3 is 2.40 bits per heavy atom. The number of rotatable bonds is 3. The van der Waals surface area contributed by atoms with Crippen LogP contribution in [0.25, 0.3) is 0 Å². The summed E-state index contributed by atoms with van der Waals surface area (Å²) in [6, 6.07) is 4.67. The molecule has 0 saturated heterocycles. The van der Waals surface area contributed by atoms with Crippen molar-refractivity contribution in [2.24, 2.45) is 5.14 Å². The van der Waals surface area contributed by atoms with Crippen LogP contribution in [0.3, 0.4) is 0 Å². The van der Waals surface area contributed by atoms with Crippen LogP contribution in [-0.2, 0) is 10.0 Å². The van der Waals surface area contributed by atoms with Gasteiger partial charge in [-0.1, -0.05) is 12.8 Å². The Hall–Kier alpha value is -1.40. The lowest BCUT2D eigenvalue weighted by Gasteiger charge is -2.25. The van der Waals surface area contributed by atoms with Gasteiger partial charge < -0.3 is 4.90 Å². The van der Waals surface area contributed by atoms with E-state index in [1.807, 2.05) is 7.05 Å². The van der Waals surface area contributed by atoms with Crippen molar-refractivity contribution in [3.05, 3.63) is 29.3 Å². The number of hydrogen-bond acceptors (Lipinski definition) is 3. The number of benzene rings is 1. The van der Waals surface area contributed by atoms with Crippen LogP contribution in [0.5, 0.6) is 0 Å². The molecule has 1 saturated carbocycles. The Morgan fingerprint density at radius 2 is 1.90 bits per heavy atom. The Balaban J connectivity index is 2.26. The third-order valence-electron chi connectivity index (χ3n) is 3.95. The van der Waals surface area contributed by atoms with E-state index in [1.165, 1.54) is 12.1 Å². The van der Waals surface area contributed by atoms with Gasteiger partial charge in [0.2, 0.25) is 10.0 Å². The Labute approximate surface area is 119 Å². The minimum absolute atomic E-state index is 0.0371. The third-order valence-corrected chi connectivity index (χ3v) is 4.86. The van der Waals surface area contributed by atoms with Gasteiger partial charge in [0.25, 0.3) is 5.91 Å². The Bertz CT molecular complexity index is 619. The highest BCUT2D eigenvalue weighted by molar-refractivity contribution is 7.89. The molecule has 0 spiro atoms. The van der Waals surface area contributed by atoms with Crippen molar-refractivity contribution in [2.45, 2.75) is 43.5 Å². The van der Waals surface area contributed by atoms with Crippen molar-refractivity contribution in [1.82, 2.24) is 4.90 Å². The maximum absolute atomic E-state index is 12.5. The van der Waals surface area contributed by atoms with Crippen LogP contribution in [0.1, 0.15) is 41.6 Å². The molecule has 1 aromatic carbocycles. The molecule has 1 aromatic rings. The van der Waals surface area contributed by atoms with Crippen LogP contribution >= 0.6 is 0 Å². The first-order chi connectivity index (χ1) is 9.30. The molecular formula is C14H20N2O3S. The zero-order valence-electron chi connectivity index (χ0n) is 11.8. The van der Waals surface area contributed by atoms with Crippen molar-refractivity contribution in [3.8, 4) is 0 Å². The molecule has 0 aromatic heterocycles. The van der Waals surface area contributed by atoms with Gasteiger partial charge in [-0.2, -0.15) is 0 Å². The molecular weight excluding hydrogens is 276 g/mol. The summed E-state index contributed by atoms with van der Waals surface area (Å²) in [5, 5.41) is 5.09. The highest BCUT2D eigenvalue weighted by Crippen LogP contribution is 2.24. The van der Waals surface area contributed by atoms with E-state index in [4.69, 9.17) is 5.14 Å². The number of nitrogens with zero attached hydrogens (tertiary/aromatic N) is 1. The summed E-state index contributed by atoms with van der Waals surface area (Å²) >= 11 is 0. The third kappa shape index (κ3) is 3.02. The molecule has 2 rings (SSSR count). The standard InChI is InChI=1S/C14H20N2O3S/c1-10-9-12(20(15,18)19)7-8-13(10)14(17)16(2)11-5-3-4-6-11/h7-9,11H,3-6H2,1-2H3,(H2,15,18,19). The highest BCUT2D eigenvalue weighted by Gasteiger charge is 2.25. The largest absolute Gasteiger partial charge is 0.339 e. The van der Waals surface area contributed by atoms with E-state index in [-0.39, 0.29) is 10.8 Å². The SMILES string of the molecule is Cc1cc(S(N)(=O)=O)ccc1C(=O)N(C)C1CCCC1. The second-order valence-electron chi connectivity index (χ2n) is 5.38. The molecule has 1 amide bonds. The fraction of sp³-hybridized carbons (Fsp3) is 0.500. The van der Waals surface area contributed by atoms with E-state index in [2.05, 4.69) is 0 Å². The van der Waals surface area contributed by atoms with Crippen molar-refractivity contribution in [2.75, 3.05) is 7.05 Å². The van der Waals surface area contributed by atoms with Gasteiger partial charge in [-0.3, -0.25) is 4.79 Å². The first-order valence-corrected chi connectivity index (χ1v) is 8.26.